The molecule has 1 aliphatic heterocycles. The highest BCUT2D eigenvalue weighted by Gasteiger charge is 2.20. The Bertz CT molecular complexity index is 1430. The lowest BCUT2D eigenvalue weighted by Crippen LogP contribution is -2.35. The predicted octanol–water partition coefficient (Wildman–Crippen LogP) is 5.11. The zero-order valence-corrected chi connectivity index (χ0v) is 19.1. The molecule has 0 unspecified atom stereocenters. The van der Waals surface area contributed by atoms with Crippen LogP contribution in [0.25, 0.3) is 10.9 Å². The molecule has 0 radical (unpaired) electrons. The highest BCUT2D eigenvalue weighted by Crippen LogP contribution is 2.33. The summed E-state index contributed by atoms with van der Waals surface area (Å²) in [5.74, 6) is 1.33. The molecule has 0 aliphatic carbocycles. The SMILES string of the molecule is Cc1cc(C)c2cc(CN(Cc3ccc4c(c3)OCO4)C(=O)Nc3ccccc3)c(=O)[nH]c2c1. The van der Waals surface area contributed by atoms with Crippen molar-refractivity contribution in [2.75, 3.05) is 12.1 Å². The zero-order valence-electron chi connectivity index (χ0n) is 19.1. The fraction of sp³-hybridized carbons (Fsp3) is 0.185. The molecular weight excluding hydrogens is 430 g/mol. The molecule has 4 aromatic rings. The Morgan fingerprint density at radius 3 is 2.59 bits per heavy atom. The molecule has 0 spiro atoms. The summed E-state index contributed by atoms with van der Waals surface area (Å²) in [6.07, 6.45) is 0. The van der Waals surface area contributed by atoms with Crippen molar-refractivity contribution in [2.45, 2.75) is 26.9 Å². The quantitative estimate of drug-likeness (QED) is 0.438. The van der Waals surface area contributed by atoms with Gasteiger partial charge in [0, 0.05) is 28.7 Å². The summed E-state index contributed by atoms with van der Waals surface area (Å²) in [6.45, 7) is 4.64. The van der Waals surface area contributed by atoms with Crippen molar-refractivity contribution in [2.24, 2.45) is 0 Å². The van der Waals surface area contributed by atoms with E-state index in [1.54, 1.807) is 4.90 Å². The van der Waals surface area contributed by atoms with Crippen LogP contribution in [0.4, 0.5) is 10.5 Å². The summed E-state index contributed by atoms with van der Waals surface area (Å²) in [6, 6.07) is 20.5. The van der Waals surface area contributed by atoms with Crippen molar-refractivity contribution in [3.05, 3.63) is 99.3 Å². The molecule has 3 aromatic carbocycles. The van der Waals surface area contributed by atoms with E-state index in [2.05, 4.69) is 16.4 Å². The first-order valence-electron chi connectivity index (χ1n) is 11.1. The maximum absolute atomic E-state index is 13.3. The molecule has 7 heteroatoms. The van der Waals surface area contributed by atoms with E-state index in [9.17, 15) is 9.59 Å². The molecule has 0 saturated heterocycles. The smallest absolute Gasteiger partial charge is 0.322 e. The Labute approximate surface area is 196 Å². The Hall–Kier alpha value is -4.26. The highest BCUT2D eigenvalue weighted by atomic mass is 16.7. The van der Waals surface area contributed by atoms with Crippen LogP contribution < -0.4 is 20.3 Å². The number of ether oxygens (including phenoxy) is 2. The fourth-order valence-electron chi connectivity index (χ4n) is 4.22. The number of carbonyl (C=O) groups is 1. The standard InChI is InChI=1S/C27H25N3O4/c1-17-10-18(2)22-13-20(26(31)29-23(22)11-17)15-30(27(32)28-21-6-4-3-5-7-21)14-19-8-9-24-25(12-19)34-16-33-24/h3-13H,14-16H2,1-2H3,(H,28,32)(H,29,31). The second kappa shape index (κ2) is 8.94. The van der Waals surface area contributed by atoms with Gasteiger partial charge in [-0.1, -0.05) is 30.3 Å². The molecule has 172 valence electrons. The molecule has 7 nitrogen and oxygen atoms in total. The largest absolute Gasteiger partial charge is 0.454 e. The van der Waals surface area contributed by atoms with Gasteiger partial charge in [-0.15, -0.1) is 0 Å². The summed E-state index contributed by atoms with van der Waals surface area (Å²) in [4.78, 5) is 30.8. The van der Waals surface area contributed by atoms with Gasteiger partial charge in [0.2, 0.25) is 6.79 Å². The van der Waals surface area contributed by atoms with Crippen molar-refractivity contribution < 1.29 is 14.3 Å². The minimum atomic E-state index is -0.302. The van der Waals surface area contributed by atoms with Crippen LogP contribution >= 0.6 is 0 Å². The summed E-state index contributed by atoms with van der Waals surface area (Å²) in [5, 5.41) is 3.89. The lowest BCUT2D eigenvalue weighted by Gasteiger charge is -2.23. The minimum Gasteiger partial charge on any atom is -0.454 e. The van der Waals surface area contributed by atoms with E-state index in [4.69, 9.17) is 9.47 Å². The van der Waals surface area contributed by atoms with Gasteiger partial charge in [0.1, 0.15) is 0 Å². The Balaban J connectivity index is 1.48. The van der Waals surface area contributed by atoms with E-state index in [0.717, 1.165) is 27.6 Å². The number of hydrogen-bond acceptors (Lipinski definition) is 4. The first-order valence-corrected chi connectivity index (χ1v) is 11.1. The number of pyridine rings is 1. The first kappa shape index (κ1) is 21.6. The Morgan fingerprint density at radius 1 is 0.971 bits per heavy atom. The topological polar surface area (TPSA) is 83.7 Å². The molecular formula is C27H25N3O4. The lowest BCUT2D eigenvalue weighted by molar-refractivity contribution is 0.174. The molecule has 0 atom stereocenters. The number of hydrogen-bond donors (Lipinski definition) is 2. The van der Waals surface area contributed by atoms with Crippen LogP contribution in [0.5, 0.6) is 11.5 Å². The van der Waals surface area contributed by atoms with Crippen LogP contribution in [0, 0.1) is 13.8 Å². The van der Waals surface area contributed by atoms with E-state index in [-0.39, 0.29) is 24.9 Å². The molecule has 5 rings (SSSR count). The third-order valence-electron chi connectivity index (χ3n) is 5.87. The number of fused-ring (bicyclic) bond motifs is 2. The van der Waals surface area contributed by atoms with Crippen LogP contribution in [0.15, 0.2) is 71.5 Å². The number of anilines is 1. The third-order valence-corrected chi connectivity index (χ3v) is 5.87. The number of H-pyrrole nitrogens is 1. The summed E-state index contributed by atoms with van der Waals surface area (Å²) in [7, 11) is 0. The van der Waals surface area contributed by atoms with Crippen molar-refractivity contribution in [3.63, 3.8) is 0 Å². The average Bonchev–Trinajstić information content (AvgIpc) is 3.28. The van der Waals surface area contributed by atoms with E-state index < -0.39 is 0 Å². The normalized spacial score (nSPS) is 12.1. The van der Waals surface area contributed by atoms with E-state index >= 15 is 0 Å². The van der Waals surface area contributed by atoms with E-state index in [1.807, 2.05) is 74.5 Å². The number of amides is 2. The minimum absolute atomic E-state index is 0.145. The van der Waals surface area contributed by atoms with Crippen LogP contribution in [0.1, 0.15) is 22.3 Å². The molecule has 0 bridgehead atoms. The van der Waals surface area contributed by atoms with Gasteiger partial charge in [0.25, 0.3) is 5.56 Å². The van der Waals surface area contributed by atoms with Crippen LogP contribution in [-0.2, 0) is 13.1 Å². The molecule has 0 saturated carbocycles. The molecule has 0 fully saturated rings. The predicted molar refractivity (Wildman–Crippen MR) is 131 cm³/mol. The van der Waals surface area contributed by atoms with Gasteiger partial charge in [-0.05, 0) is 66.9 Å². The molecule has 2 amide bonds. The van der Waals surface area contributed by atoms with E-state index in [1.165, 1.54) is 0 Å². The van der Waals surface area contributed by atoms with Crippen molar-refractivity contribution in [1.82, 2.24) is 9.88 Å². The number of aryl methyl sites for hydroxylation is 2. The molecule has 2 N–H and O–H groups in total. The maximum Gasteiger partial charge on any atom is 0.322 e. The number of aromatic nitrogens is 1. The number of rotatable bonds is 5. The molecule has 34 heavy (non-hydrogen) atoms. The van der Waals surface area contributed by atoms with Gasteiger partial charge in [-0.2, -0.15) is 0 Å². The fourth-order valence-corrected chi connectivity index (χ4v) is 4.22. The Kier molecular flexibility index (Phi) is 5.67. The number of carbonyl (C=O) groups excluding carboxylic acids is 1. The summed E-state index contributed by atoms with van der Waals surface area (Å²) < 4.78 is 10.9. The van der Waals surface area contributed by atoms with Gasteiger partial charge < -0.3 is 24.7 Å². The number of para-hydroxylation sites is 1. The van der Waals surface area contributed by atoms with Gasteiger partial charge in [0.15, 0.2) is 11.5 Å². The van der Waals surface area contributed by atoms with Gasteiger partial charge in [0.05, 0.1) is 6.54 Å². The number of urea groups is 1. The molecule has 1 aliphatic rings. The monoisotopic (exact) mass is 455 g/mol. The molecule has 1 aromatic heterocycles. The number of benzene rings is 3. The average molecular weight is 456 g/mol. The van der Waals surface area contributed by atoms with Crippen molar-refractivity contribution in [1.29, 1.82) is 0 Å². The van der Waals surface area contributed by atoms with Gasteiger partial charge in [-0.3, -0.25) is 4.79 Å². The third kappa shape index (κ3) is 4.45. The van der Waals surface area contributed by atoms with Gasteiger partial charge in [-0.25, -0.2) is 4.79 Å². The number of aromatic amines is 1. The number of nitrogens with zero attached hydrogens (tertiary/aromatic N) is 1. The van der Waals surface area contributed by atoms with Crippen molar-refractivity contribution >= 4 is 22.6 Å². The number of nitrogens with one attached hydrogen (secondary N) is 2. The highest BCUT2D eigenvalue weighted by molar-refractivity contribution is 5.89. The second-order valence-electron chi connectivity index (χ2n) is 8.51. The van der Waals surface area contributed by atoms with E-state index in [0.29, 0.717) is 29.3 Å². The van der Waals surface area contributed by atoms with Crippen LogP contribution in [0.3, 0.4) is 0 Å². The first-order chi connectivity index (χ1) is 16.5. The summed E-state index contributed by atoms with van der Waals surface area (Å²) in [5.41, 5.74) is 4.81. The lowest BCUT2D eigenvalue weighted by atomic mass is 10.0. The van der Waals surface area contributed by atoms with Crippen LogP contribution in [-0.4, -0.2) is 22.7 Å². The van der Waals surface area contributed by atoms with Crippen LogP contribution in [0.2, 0.25) is 0 Å². The zero-order chi connectivity index (χ0) is 23.7. The van der Waals surface area contributed by atoms with Gasteiger partial charge >= 0.3 is 6.03 Å². The second-order valence-corrected chi connectivity index (χ2v) is 8.51. The maximum atomic E-state index is 13.3. The summed E-state index contributed by atoms with van der Waals surface area (Å²) >= 11 is 0. The molecule has 2 heterocycles. The van der Waals surface area contributed by atoms with Crippen molar-refractivity contribution in [3.8, 4) is 11.5 Å². The Morgan fingerprint density at radius 2 is 1.76 bits per heavy atom.